The van der Waals surface area contributed by atoms with E-state index in [2.05, 4.69) is 20.2 Å². The van der Waals surface area contributed by atoms with Crippen molar-refractivity contribution in [1.29, 1.82) is 0 Å². The molecule has 0 spiro atoms. The molecule has 2 aromatic heterocycles. The third-order valence-corrected chi connectivity index (χ3v) is 3.69. The van der Waals surface area contributed by atoms with E-state index in [1.54, 1.807) is 6.07 Å². The predicted molar refractivity (Wildman–Crippen MR) is 70.5 cm³/mol. The zero-order chi connectivity index (χ0) is 14.3. The largest absolute Gasteiger partial charge is 0.325 e. The summed E-state index contributed by atoms with van der Waals surface area (Å²) in [5.41, 5.74) is 0.0125. The van der Waals surface area contributed by atoms with Crippen LogP contribution in [0.3, 0.4) is 0 Å². The molecule has 2 aromatic rings. The fraction of sp³-hybridized carbons (Fsp3) is 0.333. The van der Waals surface area contributed by atoms with Crippen molar-refractivity contribution in [3.8, 4) is 11.3 Å². The number of alkyl halides is 1. The summed E-state index contributed by atoms with van der Waals surface area (Å²) in [6.45, 7) is -0.405. The van der Waals surface area contributed by atoms with Crippen LogP contribution in [0.1, 0.15) is 17.9 Å². The second-order valence-electron chi connectivity index (χ2n) is 4.72. The van der Waals surface area contributed by atoms with Gasteiger partial charge in [-0.05, 0) is 29.9 Å². The molecule has 2 heterocycles. The number of rotatable bonds is 3. The van der Waals surface area contributed by atoms with Gasteiger partial charge in [0.2, 0.25) is 0 Å². The molecule has 0 amide bonds. The Morgan fingerprint density at radius 3 is 2.85 bits per heavy atom. The van der Waals surface area contributed by atoms with Crippen LogP contribution in [0.4, 0.5) is 4.39 Å². The fourth-order valence-corrected chi connectivity index (χ4v) is 2.41. The van der Waals surface area contributed by atoms with Crippen LogP contribution in [0.2, 0.25) is 5.15 Å². The van der Waals surface area contributed by atoms with Crippen LogP contribution in [-0.2, 0) is 0 Å². The van der Waals surface area contributed by atoms with Crippen molar-refractivity contribution in [2.45, 2.75) is 12.3 Å². The number of hydrogen-bond donors (Lipinski definition) is 2. The van der Waals surface area contributed by atoms with Gasteiger partial charge in [0.25, 0.3) is 5.56 Å². The first-order valence-electron chi connectivity index (χ1n) is 6.01. The Labute approximate surface area is 117 Å². The van der Waals surface area contributed by atoms with Gasteiger partial charge in [0.15, 0.2) is 5.15 Å². The highest BCUT2D eigenvalue weighted by Crippen LogP contribution is 2.49. The van der Waals surface area contributed by atoms with Gasteiger partial charge >= 0.3 is 5.69 Å². The summed E-state index contributed by atoms with van der Waals surface area (Å²) >= 11 is 5.97. The van der Waals surface area contributed by atoms with Gasteiger partial charge in [-0.15, -0.1) is 10.2 Å². The van der Waals surface area contributed by atoms with Gasteiger partial charge in [0, 0.05) is 6.20 Å². The summed E-state index contributed by atoms with van der Waals surface area (Å²) in [5.74, 6) is -0.0259. The van der Waals surface area contributed by atoms with E-state index >= 15 is 0 Å². The second kappa shape index (κ2) is 4.82. The minimum Gasteiger partial charge on any atom is -0.313 e. The average Bonchev–Trinajstić information content (AvgIpc) is 3.19. The lowest BCUT2D eigenvalue weighted by Gasteiger charge is -2.04. The molecule has 20 heavy (non-hydrogen) atoms. The van der Waals surface area contributed by atoms with Crippen LogP contribution in [-0.4, -0.2) is 26.8 Å². The van der Waals surface area contributed by atoms with Crippen molar-refractivity contribution in [3.05, 3.63) is 43.8 Å². The minimum absolute atomic E-state index is 0.0172. The Hall–Kier alpha value is -2.02. The third kappa shape index (κ3) is 2.24. The topological polar surface area (TPSA) is 91.5 Å². The zero-order valence-electron chi connectivity index (χ0n) is 10.2. The SMILES string of the molecule is O=c1[nH]cc(-c2cc([C@@H]3C[C@H]3CF)c(Cl)nn2)c(=O)[nH]1. The molecule has 1 aliphatic carbocycles. The first-order valence-corrected chi connectivity index (χ1v) is 6.39. The van der Waals surface area contributed by atoms with E-state index in [1.165, 1.54) is 6.20 Å². The molecule has 0 aliphatic heterocycles. The predicted octanol–water partition coefficient (Wildman–Crippen LogP) is 1.25. The van der Waals surface area contributed by atoms with Crippen molar-refractivity contribution in [2.75, 3.05) is 6.67 Å². The number of halogens is 2. The highest BCUT2D eigenvalue weighted by atomic mass is 35.5. The van der Waals surface area contributed by atoms with Gasteiger partial charge in [-0.25, -0.2) is 4.79 Å². The van der Waals surface area contributed by atoms with Gasteiger partial charge in [-0.3, -0.25) is 14.2 Å². The standard InChI is InChI=1S/C12H10ClFN4O2/c13-10-7(6-1-5(6)3-14)2-9(17-18-10)8-4-15-12(20)16-11(8)19/h2,4-6H,1,3H2,(H2,15,16,19,20)/t5-,6+/m0/s1. The molecule has 1 aliphatic rings. The maximum atomic E-state index is 12.6. The summed E-state index contributed by atoms with van der Waals surface area (Å²) in [6, 6.07) is 1.62. The van der Waals surface area contributed by atoms with Crippen LogP contribution in [0, 0.1) is 5.92 Å². The molecule has 1 fully saturated rings. The number of nitrogens with one attached hydrogen (secondary N) is 2. The van der Waals surface area contributed by atoms with Crippen LogP contribution in [0.25, 0.3) is 11.3 Å². The normalized spacial score (nSPS) is 20.9. The minimum atomic E-state index is -0.597. The van der Waals surface area contributed by atoms with Gasteiger partial charge in [-0.1, -0.05) is 11.6 Å². The van der Waals surface area contributed by atoms with Crippen molar-refractivity contribution >= 4 is 11.6 Å². The molecule has 3 rings (SSSR count). The summed E-state index contributed by atoms with van der Waals surface area (Å²) in [4.78, 5) is 27.2. The highest BCUT2D eigenvalue weighted by Gasteiger charge is 2.40. The van der Waals surface area contributed by atoms with Gasteiger partial charge in [0.1, 0.15) is 5.69 Å². The highest BCUT2D eigenvalue weighted by molar-refractivity contribution is 6.30. The van der Waals surface area contributed by atoms with Crippen LogP contribution in [0.5, 0.6) is 0 Å². The Morgan fingerprint density at radius 1 is 1.40 bits per heavy atom. The van der Waals surface area contributed by atoms with Crippen LogP contribution < -0.4 is 11.2 Å². The number of nitrogens with zero attached hydrogens (tertiary/aromatic N) is 2. The Morgan fingerprint density at radius 2 is 2.20 bits per heavy atom. The molecule has 6 nitrogen and oxygen atoms in total. The summed E-state index contributed by atoms with van der Waals surface area (Å²) in [7, 11) is 0. The Kier molecular flexibility index (Phi) is 3.13. The lowest BCUT2D eigenvalue weighted by atomic mass is 10.1. The first-order chi connectivity index (χ1) is 9.60. The molecule has 2 atom stereocenters. The van der Waals surface area contributed by atoms with Crippen LogP contribution in [0.15, 0.2) is 21.9 Å². The van der Waals surface area contributed by atoms with Gasteiger partial charge in [-0.2, -0.15) is 0 Å². The van der Waals surface area contributed by atoms with Crippen molar-refractivity contribution in [1.82, 2.24) is 20.2 Å². The Balaban J connectivity index is 2.05. The molecule has 1 saturated carbocycles. The average molecular weight is 297 g/mol. The monoisotopic (exact) mass is 296 g/mol. The van der Waals surface area contributed by atoms with Crippen molar-refractivity contribution < 1.29 is 4.39 Å². The number of aromatic amines is 2. The van der Waals surface area contributed by atoms with E-state index in [9.17, 15) is 14.0 Å². The lowest BCUT2D eigenvalue weighted by Crippen LogP contribution is -2.23. The number of H-pyrrole nitrogens is 2. The summed E-state index contributed by atoms with van der Waals surface area (Å²) in [5, 5.41) is 7.86. The lowest BCUT2D eigenvalue weighted by molar-refractivity contribution is 0.452. The molecule has 104 valence electrons. The number of aromatic nitrogens is 4. The smallest absolute Gasteiger partial charge is 0.313 e. The van der Waals surface area contributed by atoms with Gasteiger partial charge < -0.3 is 4.98 Å². The maximum absolute atomic E-state index is 12.6. The molecule has 8 heteroatoms. The summed E-state index contributed by atoms with van der Waals surface area (Å²) < 4.78 is 12.6. The molecule has 0 radical (unpaired) electrons. The van der Waals surface area contributed by atoms with Gasteiger partial charge in [0.05, 0.1) is 12.2 Å². The van der Waals surface area contributed by atoms with Crippen molar-refractivity contribution in [3.63, 3.8) is 0 Å². The zero-order valence-corrected chi connectivity index (χ0v) is 10.9. The molecule has 0 unspecified atom stereocenters. The molecule has 0 bridgehead atoms. The second-order valence-corrected chi connectivity index (χ2v) is 5.08. The maximum Gasteiger partial charge on any atom is 0.325 e. The third-order valence-electron chi connectivity index (χ3n) is 3.39. The fourth-order valence-electron chi connectivity index (χ4n) is 2.18. The van der Waals surface area contributed by atoms with Crippen molar-refractivity contribution in [2.24, 2.45) is 5.92 Å². The molecule has 2 N–H and O–H groups in total. The first kappa shape index (κ1) is 13.0. The molecular formula is C12H10ClFN4O2. The number of hydrogen-bond acceptors (Lipinski definition) is 4. The van der Waals surface area contributed by atoms with E-state index in [-0.39, 0.29) is 22.6 Å². The van der Waals surface area contributed by atoms with E-state index in [0.29, 0.717) is 17.7 Å². The molecule has 0 aromatic carbocycles. The van der Waals surface area contributed by atoms with E-state index < -0.39 is 17.9 Å². The Bertz CT molecular complexity index is 773. The molecular weight excluding hydrogens is 287 g/mol. The molecule has 0 saturated heterocycles. The van der Waals surface area contributed by atoms with E-state index in [1.807, 2.05) is 0 Å². The quantitative estimate of drug-likeness (QED) is 0.891. The summed E-state index contributed by atoms with van der Waals surface area (Å²) in [6.07, 6.45) is 1.98. The van der Waals surface area contributed by atoms with Crippen LogP contribution >= 0.6 is 11.6 Å². The van der Waals surface area contributed by atoms with E-state index in [0.717, 1.165) is 0 Å². The van der Waals surface area contributed by atoms with E-state index in [4.69, 9.17) is 11.6 Å².